The summed E-state index contributed by atoms with van der Waals surface area (Å²) in [5.41, 5.74) is 0.372. The number of benzene rings is 1. The van der Waals surface area contributed by atoms with E-state index in [0.29, 0.717) is 41.9 Å². The largest absolute Gasteiger partial charge is 0.393 e. The summed E-state index contributed by atoms with van der Waals surface area (Å²) in [4.78, 5) is 12.6. The second-order valence-electron chi connectivity index (χ2n) is 14.7. The van der Waals surface area contributed by atoms with Gasteiger partial charge in [0, 0.05) is 6.42 Å². The molecule has 5 rings (SSSR count). The first-order chi connectivity index (χ1) is 19.3. The Morgan fingerprint density at radius 2 is 1.66 bits per heavy atom. The molecule has 11 atom stereocenters. The minimum Gasteiger partial charge on any atom is -0.393 e. The lowest BCUT2D eigenvalue weighted by molar-refractivity contribution is -0.203. The maximum absolute atomic E-state index is 13.2. The molecule has 2 N–H and O–H groups in total. The van der Waals surface area contributed by atoms with Gasteiger partial charge in [-0.15, -0.1) is 0 Å². The Bertz CT molecular complexity index is 1200. The molecular formula is C34H51FO5S. The molecule has 0 aliphatic heterocycles. The lowest BCUT2D eigenvalue weighted by Crippen LogP contribution is -2.62. The summed E-state index contributed by atoms with van der Waals surface area (Å²) in [6.45, 7) is 9.45. The molecule has 0 amide bonds. The minimum atomic E-state index is -3.76. The number of sulfone groups is 1. The van der Waals surface area contributed by atoms with Crippen LogP contribution in [0.25, 0.3) is 0 Å². The first kappa shape index (κ1) is 31.1. The Labute approximate surface area is 246 Å². The van der Waals surface area contributed by atoms with Crippen LogP contribution in [-0.2, 0) is 14.6 Å². The average molecular weight is 591 g/mol. The van der Waals surface area contributed by atoms with Crippen LogP contribution in [0.2, 0.25) is 0 Å². The summed E-state index contributed by atoms with van der Waals surface area (Å²) in [5, 5.41) is 22.4. The Morgan fingerprint density at radius 1 is 1.00 bits per heavy atom. The second kappa shape index (κ2) is 11.6. The van der Waals surface area contributed by atoms with Crippen molar-refractivity contribution in [2.75, 3.05) is 5.75 Å². The van der Waals surface area contributed by atoms with Crippen molar-refractivity contribution < 1.29 is 27.8 Å². The first-order valence-electron chi connectivity index (χ1n) is 16.2. The third kappa shape index (κ3) is 5.57. The number of hydrogen-bond acceptors (Lipinski definition) is 5. The first-order valence-corrected chi connectivity index (χ1v) is 17.8. The normalized spacial score (nSPS) is 41.2. The van der Waals surface area contributed by atoms with E-state index in [1.165, 1.54) is 18.6 Å². The van der Waals surface area contributed by atoms with E-state index in [2.05, 4.69) is 27.7 Å². The predicted molar refractivity (Wildman–Crippen MR) is 158 cm³/mol. The van der Waals surface area contributed by atoms with Crippen LogP contribution >= 0.6 is 0 Å². The lowest BCUT2D eigenvalue weighted by Gasteiger charge is -2.64. The maximum atomic E-state index is 13.2. The average Bonchev–Trinajstić information content (AvgIpc) is 3.27. The highest BCUT2D eigenvalue weighted by atomic mass is 32.2. The summed E-state index contributed by atoms with van der Waals surface area (Å²) in [6.07, 6.45) is 9.65. The fourth-order valence-corrected chi connectivity index (χ4v) is 12.0. The number of Topliss-reactive ketones (excluding diaryl/α,β-unsaturated/α-hetero) is 1. The van der Waals surface area contributed by atoms with Crippen molar-refractivity contribution in [3.63, 3.8) is 0 Å². The SMILES string of the molecule is CC[C@H]1[C@@H](O)[C@@H]2[C@H](CC[C@]3(C)[C@@H]([C@H](C)CCCC(=O)CS(=O)(=O)c4ccc(F)cc4)CC[C@@H]23)[C@@]2(C)CC[C@@H](O)C[C@@H]12. The van der Waals surface area contributed by atoms with Crippen LogP contribution in [0.3, 0.4) is 0 Å². The highest BCUT2D eigenvalue weighted by Crippen LogP contribution is 2.69. The lowest BCUT2D eigenvalue weighted by atomic mass is 9.41. The van der Waals surface area contributed by atoms with Gasteiger partial charge in [0.2, 0.25) is 0 Å². The van der Waals surface area contributed by atoms with Crippen molar-refractivity contribution >= 4 is 15.6 Å². The number of carbonyl (C=O) groups is 1. The van der Waals surface area contributed by atoms with E-state index in [1.54, 1.807) is 0 Å². The van der Waals surface area contributed by atoms with Crippen molar-refractivity contribution in [2.45, 2.75) is 115 Å². The van der Waals surface area contributed by atoms with Crippen molar-refractivity contribution in [3.05, 3.63) is 30.1 Å². The van der Waals surface area contributed by atoms with E-state index < -0.39 is 21.4 Å². The topological polar surface area (TPSA) is 91.7 Å². The molecule has 0 spiro atoms. The summed E-state index contributed by atoms with van der Waals surface area (Å²) in [7, 11) is -3.76. The third-order valence-corrected chi connectivity index (χ3v) is 14.5. The van der Waals surface area contributed by atoms with E-state index in [4.69, 9.17) is 0 Å². The summed E-state index contributed by atoms with van der Waals surface area (Å²) in [6, 6.07) is 4.65. The third-order valence-electron chi connectivity index (χ3n) is 12.8. The number of aliphatic hydroxyl groups excluding tert-OH is 2. The van der Waals surface area contributed by atoms with Gasteiger partial charge in [0.1, 0.15) is 17.4 Å². The van der Waals surface area contributed by atoms with E-state index in [-0.39, 0.29) is 46.1 Å². The number of carbonyl (C=O) groups excluding carboxylic acids is 1. The summed E-state index contributed by atoms with van der Waals surface area (Å²) >= 11 is 0. The van der Waals surface area contributed by atoms with Gasteiger partial charge in [0.15, 0.2) is 9.84 Å². The minimum absolute atomic E-state index is 0.0130. The van der Waals surface area contributed by atoms with E-state index in [0.717, 1.165) is 63.5 Å². The fraction of sp³-hybridized carbons (Fsp3) is 0.794. The fourth-order valence-electron chi connectivity index (χ4n) is 10.8. The molecule has 7 heteroatoms. The van der Waals surface area contributed by atoms with Crippen LogP contribution in [-0.4, -0.2) is 42.4 Å². The van der Waals surface area contributed by atoms with Gasteiger partial charge in [-0.05, 0) is 128 Å². The molecule has 1 aromatic rings. The summed E-state index contributed by atoms with van der Waals surface area (Å²) < 4.78 is 38.4. The number of fused-ring (bicyclic) bond motifs is 5. The Balaban J connectivity index is 1.22. The zero-order chi connectivity index (χ0) is 29.7. The number of halogens is 1. The van der Waals surface area contributed by atoms with E-state index in [9.17, 15) is 27.8 Å². The molecule has 0 saturated heterocycles. The van der Waals surface area contributed by atoms with Crippen molar-refractivity contribution in [2.24, 2.45) is 52.3 Å². The monoisotopic (exact) mass is 590 g/mol. The van der Waals surface area contributed by atoms with Gasteiger partial charge in [-0.2, -0.15) is 0 Å². The molecule has 4 fully saturated rings. The van der Waals surface area contributed by atoms with Crippen molar-refractivity contribution in [3.8, 4) is 0 Å². The molecule has 0 aromatic heterocycles. The molecule has 0 unspecified atom stereocenters. The standard InChI is InChI=1S/C34H51FO5S/c1-5-26-30-19-23(36)15-17-34(30,4)29-16-18-33(3)27(13-14-28(33)31(29)32(26)38)21(2)7-6-8-24(37)20-41(39,40)25-11-9-22(35)10-12-25/h9-12,21,23,26-32,36,38H,5-8,13-20H2,1-4H3/t21-,23-,26-,27-,28+,29+,30+,31+,32-,33-,34-/m1/s1. The Morgan fingerprint density at radius 3 is 2.34 bits per heavy atom. The van der Waals surface area contributed by atoms with Gasteiger partial charge < -0.3 is 10.2 Å². The maximum Gasteiger partial charge on any atom is 0.185 e. The molecule has 1 aromatic carbocycles. The molecule has 230 valence electrons. The summed E-state index contributed by atoms with van der Waals surface area (Å²) in [5.74, 6) is 1.65. The van der Waals surface area contributed by atoms with Gasteiger partial charge >= 0.3 is 0 Å². The highest BCUT2D eigenvalue weighted by molar-refractivity contribution is 7.92. The van der Waals surface area contributed by atoms with Crippen LogP contribution in [0.15, 0.2) is 29.2 Å². The van der Waals surface area contributed by atoms with Crippen LogP contribution in [0, 0.1) is 58.1 Å². The van der Waals surface area contributed by atoms with Gasteiger partial charge in [-0.1, -0.05) is 40.5 Å². The molecule has 5 nitrogen and oxygen atoms in total. The molecule has 0 radical (unpaired) electrons. The molecule has 4 aliphatic carbocycles. The van der Waals surface area contributed by atoms with Gasteiger partial charge in [-0.25, -0.2) is 12.8 Å². The molecule has 4 saturated carbocycles. The number of rotatable bonds is 9. The predicted octanol–water partition coefficient (Wildman–Crippen LogP) is 6.60. The molecular weight excluding hydrogens is 539 g/mol. The Hall–Kier alpha value is -1.31. The second-order valence-corrected chi connectivity index (χ2v) is 16.7. The highest BCUT2D eigenvalue weighted by Gasteiger charge is 2.64. The van der Waals surface area contributed by atoms with Crippen LogP contribution in [0.4, 0.5) is 4.39 Å². The smallest absolute Gasteiger partial charge is 0.185 e. The van der Waals surface area contributed by atoms with Gasteiger partial charge in [0.05, 0.1) is 17.1 Å². The van der Waals surface area contributed by atoms with Gasteiger partial charge in [-0.3, -0.25) is 4.79 Å². The molecule has 0 bridgehead atoms. The van der Waals surface area contributed by atoms with E-state index >= 15 is 0 Å². The number of hydrogen-bond donors (Lipinski definition) is 2. The van der Waals surface area contributed by atoms with Crippen LogP contribution in [0.1, 0.15) is 98.3 Å². The van der Waals surface area contributed by atoms with Gasteiger partial charge in [0.25, 0.3) is 0 Å². The zero-order valence-corrected chi connectivity index (χ0v) is 26.2. The molecule has 4 aliphatic rings. The number of aliphatic hydroxyl groups is 2. The quantitative estimate of drug-likeness (QED) is 0.316. The van der Waals surface area contributed by atoms with Crippen LogP contribution < -0.4 is 0 Å². The molecule has 0 heterocycles. The van der Waals surface area contributed by atoms with Crippen molar-refractivity contribution in [1.29, 1.82) is 0 Å². The molecule has 41 heavy (non-hydrogen) atoms. The number of ketones is 1. The van der Waals surface area contributed by atoms with E-state index in [1.807, 2.05) is 0 Å². The zero-order valence-electron chi connectivity index (χ0n) is 25.4. The van der Waals surface area contributed by atoms with Crippen molar-refractivity contribution in [1.82, 2.24) is 0 Å². The van der Waals surface area contributed by atoms with Crippen LogP contribution in [0.5, 0.6) is 0 Å². The Kier molecular flexibility index (Phi) is 8.84.